The van der Waals surface area contributed by atoms with Crippen LogP contribution in [0.4, 0.5) is 0 Å². The molecule has 0 unspecified atom stereocenters. The molecule has 2 aliphatic heterocycles. The van der Waals surface area contributed by atoms with E-state index in [0.29, 0.717) is 0 Å². The molecule has 2 aromatic carbocycles. The van der Waals surface area contributed by atoms with Crippen molar-refractivity contribution in [1.29, 1.82) is 0 Å². The molecule has 0 bridgehead atoms. The van der Waals surface area contributed by atoms with E-state index >= 15 is 0 Å². The highest BCUT2D eigenvalue weighted by Crippen LogP contribution is 2.50. The lowest BCUT2D eigenvalue weighted by Gasteiger charge is -2.33. The molecule has 0 spiro atoms. The Balaban J connectivity index is 2.02. The molecular weight excluding hydrogens is 234 g/mol. The van der Waals surface area contributed by atoms with Crippen molar-refractivity contribution in [3.63, 3.8) is 0 Å². The van der Waals surface area contributed by atoms with Gasteiger partial charge in [0.05, 0.1) is 5.54 Å². The summed E-state index contributed by atoms with van der Waals surface area (Å²) >= 11 is 0. The van der Waals surface area contributed by atoms with E-state index in [9.17, 15) is 4.79 Å². The third kappa shape index (κ3) is 1.24. The van der Waals surface area contributed by atoms with Crippen LogP contribution in [0.25, 0.3) is 0 Å². The van der Waals surface area contributed by atoms with Gasteiger partial charge in [0.1, 0.15) is 0 Å². The summed E-state index contributed by atoms with van der Waals surface area (Å²) in [6, 6.07) is 18.5. The van der Waals surface area contributed by atoms with Crippen LogP contribution in [0.15, 0.2) is 54.6 Å². The zero-order valence-electron chi connectivity index (χ0n) is 10.7. The minimum atomic E-state index is -0.213. The third-order valence-corrected chi connectivity index (χ3v) is 4.48. The number of carbonyl (C=O) groups excluding carboxylic acids is 1. The Bertz CT molecular complexity index is 649. The number of hydrogen-bond acceptors (Lipinski definition) is 1. The fraction of sp³-hybridized carbons (Fsp3) is 0.235. The lowest BCUT2D eigenvalue weighted by Crippen LogP contribution is -2.39. The molecule has 0 aliphatic carbocycles. The van der Waals surface area contributed by atoms with E-state index < -0.39 is 0 Å². The van der Waals surface area contributed by atoms with Gasteiger partial charge in [-0.1, -0.05) is 48.5 Å². The minimum absolute atomic E-state index is 0.192. The maximum atomic E-state index is 12.6. The Morgan fingerprint density at radius 2 is 1.68 bits per heavy atom. The number of rotatable bonds is 1. The Morgan fingerprint density at radius 1 is 0.947 bits per heavy atom. The van der Waals surface area contributed by atoms with Crippen LogP contribution in [-0.4, -0.2) is 17.4 Å². The average molecular weight is 249 g/mol. The van der Waals surface area contributed by atoms with Crippen LogP contribution in [0.5, 0.6) is 0 Å². The molecule has 4 rings (SSSR count). The highest BCUT2D eigenvalue weighted by atomic mass is 16.2. The number of carbonyl (C=O) groups is 1. The first kappa shape index (κ1) is 10.8. The molecular formula is C17H15NO. The van der Waals surface area contributed by atoms with Gasteiger partial charge in [0, 0.05) is 12.1 Å². The molecule has 2 heteroatoms. The molecule has 1 atom stereocenters. The van der Waals surface area contributed by atoms with Gasteiger partial charge in [-0.2, -0.15) is 0 Å². The monoisotopic (exact) mass is 249 g/mol. The van der Waals surface area contributed by atoms with E-state index in [1.165, 1.54) is 11.1 Å². The normalized spacial score (nSPS) is 24.4. The first-order valence-electron chi connectivity index (χ1n) is 6.81. The lowest BCUT2D eigenvalue weighted by molar-refractivity contribution is 0.0711. The second-order valence-electron chi connectivity index (χ2n) is 5.33. The molecule has 2 aromatic rings. The molecule has 1 fully saturated rings. The van der Waals surface area contributed by atoms with Crippen molar-refractivity contribution >= 4 is 5.91 Å². The first-order chi connectivity index (χ1) is 9.34. The summed E-state index contributed by atoms with van der Waals surface area (Å²) in [5.41, 5.74) is 3.09. The predicted molar refractivity (Wildman–Crippen MR) is 73.9 cm³/mol. The topological polar surface area (TPSA) is 20.3 Å². The van der Waals surface area contributed by atoms with Gasteiger partial charge in [-0.05, 0) is 30.0 Å². The fourth-order valence-electron chi connectivity index (χ4n) is 3.72. The second kappa shape index (κ2) is 3.70. The van der Waals surface area contributed by atoms with Gasteiger partial charge in [-0.25, -0.2) is 0 Å². The summed E-state index contributed by atoms with van der Waals surface area (Å²) in [6.07, 6.45) is 2.11. The van der Waals surface area contributed by atoms with Gasteiger partial charge in [0.15, 0.2) is 0 Å². The van der Waals surface area contributed by atoms with Crippen molar-refractivity contribution in [2.24, 2.45) is 0 Å². The Hall–Kier alpha value is -2.09. The van der Waals surface area contributed by atoms with Gasteiger partial charge < -0.3 is 4.90 Å². The number of hydrogen-bond donors (Lipinski definition) is 0. The molecule has 0 saturated carbocycles. The van der Waals surface area contributed by atoms with Crippen molar-refractivity contribution in [2.75, 3.05) is 6.54 Å². The average Bonchev–Trinajstić information content (AvgIpc) is 3.01. The predicted octanol–water partition coefficient (Wildman–Crippen LogP) is 3.18. The van der Waals surface area contributed by atoms with Gasteiger partial charge in [-0.15, -0.1) is 0 Å². The molecule has 0 N–H and O–H groups in total. The van der Waals surface area contributed by atoms with Crippen LogP contribution in [0.3, 0.4) is 0 Å². The second-order valence-corrected chi connectivity index (χ2v) is 5.33. The summed E-state index contributed by atoms with van der Waals surface area (Å²) in [5, 5.41) is 0. The summed E-state index contributed by atoms with van der Waals surface area (Å²) in [5.74, 6) is 0.192. The number of benzene rings is 2. The van der Waals surface area contributed by atoms with Crippen molar-refractivity contribution in [3.05, 3.63) is 71.3 Å². The molecule has 19 heavy (non-hydrogen) atoms. The number of nitrogens with zero attached hydrogens (tertiary/aromatic N) is 1. The maximum Gasteiger partial charge on any atom is 0.255 e. The van der Waals surface area contributed by atoms with E-state index in [0.717, 1.165) is 24.9 Å². The molecule has 94 valence electrons. The van der Waals surface area contributed by atoms with Crippen LogP contribution in [0, 0.1) is 0 Å². The van der Waals surface area contributed by atoms with Crippen LogP contribution in [0.2, 0.25) is 0 Å². The molecule has 2 nitrogen and oxygen atoms in total. The Kier molecular flexibility index (Phi) is 2.10. The van der Waals surface area contributed by atoms with Crippen LogP contribution >= 0.6 is 0 Å². The quantitative estimate of drug-likeness (QED) is 0.760. The summed E-state index contributed by atoms with van der Waals surface area (Å²) < 4.78 is 0. The highest BCUT2D eigenvalue weighted by molar-refractivity contribution is 6.01. The van der Waals surface area contributed by atoms with E-state index in [1.54, 1.807) is 0 Å². The van der Waals surface area contributed by atoms with Gasteiger partial charge in [0.2, 0.25) is 0 Å². The SMILES string of the molecule is O=C1c2ccccc2[C@@]2(c3ccccc3)CCCN12. The smallest absolute Gasteiger partial charge is 0.255 e. The van der Waals surface area contributed by atoms with E-state index in [1.807, 2.05) is 24.3 Å². The molecule has 1 saturated heterocycles. The zero-order valence-corrected chi connectivity index (χ0v) is 10.7. The van der Waals surface area contributed by atoms with Crippen LogP contribution < -0.4 is 0 Å². The fourth-order valence-corrected chi connectivity index (χ4v) is 3.72. The molecule has 0 aromatic heterocycles. The summed E-state index contributed by atoms with van der Waals surface area (Å²) in [4.78, 5) is 14.6. The largest absolute Gasteiger partial charge is 0.325 e. The molecule has 1 amide bonds. The minimum Gasteiger partial charge on any atom is -0.325 e. The van der Waals surface area contributed by atoms with E-state index in [2.05, 4.69) is 35.2 Å². The Labute approximate surface area is 112 Å². The summed E-state index contributed by atoms with van der Waals surface area (Å²) in [7, 11) is 0. The van der Waals surface area contributed by atoms with Gasteiger partial charge in [-0.3, -0.25) is 4.79 Å². The van der Waals surface area contributed by atoms with E-state index in [-0.39, 0.29) is 11.4 Å². The standard InChI is InChI=1S/C17H15NO/c19-16-14-9-4-5-10-15(14)17(11-6-12-18(16)17)13-7-2-1-3-8-13/h1-5,7-10H,6,11-12H2/t17-/m0/s1. The number of amides is 1. The lowest BCUT2D eigenvalue weighted by atomic mass is 9.81. The molecule has 2 heterocycles. The zero-order chi connectivity index (χ0) is 12.9. The van der Waals surface area contributed by atoms with Crippen molar-refractivity contribution in [3.8, 4) is 0 Å². The van der Waals surface area contributed by atoms with Crippen LogP contribution in [0.1, 0.15) is 34.3 Å². The maximum absolute atomic E-state index is 12.6. The highest BCUT2D eigenvalue weighted by Gasteiger charge is 2.52. The van der Waals surface area contributed by atoms with Crippen LogP contribution in [-0.2, 0) is 5.54 Å². The first-order valence-corrected chi connectivity index (χ1v) is 6.81. The van der Waals surface area contributed by atoms with Crippen molar-refractivity contribution in [2.45, 2.75) is 18.4 Å². The van der Waals surface area contributed by atoms with E-state index in [4.69, 9.17) is 0 Å². The van der Waals surface area contributed by atoms with Crippen molar-refractivity contribution in [1.82, 2.24) is 4.90 Å². The Morgan fingerprint density at radius 3 is 2.53 bits per heavy atom. The van der Waals surface area contributed by atoms with Gasteiger partial charge in [0.25, 0.3) is 5.91 Å². The number of fused-ring (bicyclic) bond motifs is 3. The molecule has 2 aliphatic rings. The summed E-state index contributed by atoms with van der Waals surface area (Å²) in [6.45, 7) is 0.863. The van der Waals surface area contributed by atoms with Crippen molar-refractivity contribution < 1.29 is 4.79 Å². The molecule has 0 radical (unpaired) electrons. The third-order valence-electron chi connectivity index (χ3n) is 4.48. The van der Waals surface area contributed by atoms with Gasteiger partial charge >= 0.3 is 0 Å².